The summed E-state index contributed by atoms with van der Waals surface area (Å²) >= 11 is 6.72. The Bertz CT molecular complexity index is 917. The number of halogens is 1. The summed E-state index contributed by atoms with van der Waals surface area (Å²) < 4.78 is 13.6. The van der Waals surface area contributed by atoms with Crippen molar-refractivity contribution in [1.29, 1.82) is 0 Å². The molecule has 3 heterocycles. The number of rotatable bonds is 3. The highest BCUT2D eigenvalue weighted by Crippen LogP contribution is 2.24. The van der Waals surface area contributed by atoms with Crippen LogP contribution in [0, 0.1) is 10.6 Å². The fraction of sp³-hybridized carbons (Fsp3) is 0.235. The number of aromatic nitrogens is 3. The third kappa shape index (κ3) is 3.28. The van der Waals surface area contributed by atoms with Gasteiger partial charge in [0, 0.05) is 47.9 Å². The smallest absolute Gasteiger partial charge is 0.196 e. The van der Waals surface area contributed by atoms with Gasteiger partial charge in [0.2, 0.25) is 0 Å². The maximum absolute atomic E-state index is 13.0. The molecule has 0 saturated heterocycles. The zero-order valence-electron chi connectivity index (χ0n) is 12.8. The number of hydrogen-bond donors (Lipinski definition) is 1. The Hall–Kier alpha value is -1.96. The van der Waals surface area contributed by atoms with Gasteiger partial charge in [-0.15, -0.1) is 11.3 Å². The minimum Gasteiger partial charge on any atom is -0.334 e. The molecule has 0 atom stereocenters. The minimum absolute atomic E-state index is 0.228. The number of fused-ring (bicyclic) bond motifs is 1. The van der Waals surface area contributed by atoms with E-state index in [-0.39, 0.29) is 5.82 Å². The van der Waals surface area contributed by atoms with E-state index in [0.717, 1.165) is 42.3 Å². The molecule has 7 heteroatoms. The predicted octanol–water partition coefficient (Wildman–Crippen LogP) is 3.96. The first kappa shape index (κ1) is 15.6. The molecular formula is C17H15FN4S2. The second-order valence-corrected chi connectivity index (χ2v) is 7.12. The van der Waals surface area contributed by atoms with Crippen LogP contribution in [-0.4, -0.2) is 26.4 Å². The Morgan fingerprint density at radius 3 is 2.96 bits per heavy atom. The summed E-state index contributed by atoms with van der Waals surface area (Å²) in [6, 6.07) is 6.46. The third-order valence-corrected chi connectivity index (χ3v) is 5.15. The Labute approximate surface area is 148 Å². The molecule has 3 aromatic rings. The maximum atomic E-state index is 13.0. The van der Waals surface area contributed by atoms with Crippen molar-refractivity contribution < 1.29 is 4.39 Å². The fourth-order valence-corrected chi connectivity index (χ4v) is 3.89. The number of H-pyrrole nitrogens is 1. The predicted molar refractivity (Wildman–Crippen MR) is 94.7 cm³/mol. The summed E-state index contributed by atoms with van der Waals surface area (Å²) in [6.07, 6.45) is 2.81. The first-order valence-electron chi connectivity index (χ1n) is 7.67. The highest BCUT2D eigenvalue weighted by molar-refractivity contribution is 7.71. The Balaban J connectivity index is 1.48. The second kappa shape index (κ2) is 6.51. The molecule has 4 rings (SSSR count). The zero-order chi connectivity index (χ0) is 16.5. The normalized spacial score (nSPS) is 14.5. The van der Waals surface area contributed by atoms with E-state index in [1.165, 1.54) is 23.4 Å². The minimum atomic E-state index is -0.228. The number of hydrogen-bond acceptors (Lipinski definition) is 5. The number of aromatic amines is 1. The number of thiazole rings is 1. The van der Waals surface area contributed by atoms with Gasteiger partial charge >= 0.3 is 0 Å². The van der Waals surface area contributed by atoms with E-state index >= 15 is 0 Å². The van der Waals surface area contributed by atoms with Gasteiger partial charge < -0.3 is 4.98 Å². The van der Waals surface area contributed by atoms with Crippen LogP contribution in [0.25, 0.3) is 11.3 Å². The van der Waals surface area contributed by atoms with Crippen LogP contribution in [0.1, 0.15) is 16.3 Å². The molecule has 0 bridgehead atoms. The lowest BCUT2D eigenvalue weighted by Gasteiger charge is -2.27. The Morgan fingerprint density at radius 1 is 1.29 bits per heavy atom. The molecule has 0 radical (unpaired) electrons. The van der Waals surface area contributed by atoms with Crippen LogP contribution in [0.15, 0.2) is 35.8 Å². The number of benzene rings is 1. The van der Waals surface area contributed by atoms with Gasteiger partial charge in [-0.2, -0.15) is 0 Å². The number of nitrogens with zero attached hydrogens (tertiary/aromatic N) is 3. The van der Waals surface area contributed by atoms with Gasteiger partial charge in [-0.3, -0.25) is 4.90 Å². The zero-order valence-corrected chi connectivity index (χ0v) is 14.5. The molecule has 0 unspecified atom stereocenters. The summed E-state index contributed by atoms with van der Waals surface area (Å²) in [5, 5.41) is 3.09. The molecule has 24 heavy (non-hydrogen) atoms. The molecule has 0 saturated carbocycles. The largest absolute Gasteiger partial charge is 0.334 e. The summed E-state index contributed by atoms with van der Waals surface area (Å²) in [5.41, 5.74) is 4.24. The van der Waals surface area contributed by atoms with Crippen molar-refractivity contribution in [3.63, 3.8) is 0 Å². The average molecular weight is 358 g/mol. The molecule has 0 aliphatic carbocycles. The highest BCUT2D eigenvalue weighted by Gasteiger charge is 2.18. The summed E-state index contributed by atoms with van der Waals surface area (Å²) in [4.78, 5) is 14.4. The van der Waals surface area contributed by atoms with Gasteiger partial charge in [0.25, 0.3) is 0 Å². The number of nitrogens with one attached hydrogen (secondary N) is 1. The van der Waals surface area contributed by atoms with Crippen LogP contribution in [0.3, 0.4) is 0 Å². The van der Waals surface area contributed by atoms with E-state index in [1.807, 2.05) is 11.6 Å². The lowest BCUT2D eigenvalue weighted by molar-refractivity contribution is 0.242. The summed E-state index contributed by atoms with van der Waals surface area (Å²) in [6.45, 7) is 2.62. The van der Waals surface area contributed by atoms with Gasteiger partial charge in [-0.05, 0) is 36.5 Å². The van der Waals surface area contributed by atoms with E-state index in [1.54, 1.807) is 23.5 Å². The van der Waals surface area contributed by atoms with Crippen LogP contribution < -0.4 is 0 Å². The summed E-state index contributed by atoms with van der Waals surface area (Å²) in [7, 11) is 0. The van der Waals surface area contributed by atoms with Crippen molar-refractivity contribution in [2.75, 3.05) is 6.54 Å². The molecule has 2 aromatic heterocycles. The van der Waals surface area contributed by atoms with Crippen LogP contribution >= 0.6 is 23.6 Å². The molecule has 1 aromatic carbocycles. The lowest BCUT2D eigenvalue weighted by Crippen LogP contribution is -2.30. The fourth-order valence-electron chi connectivity index (χ4n) is 2.87. The van der Waals surface area contributed by atoms with E-state index in [4.69, 9.17) is 12.2 Å². The molecule has 1 aliphatic heterocycles. The van der Waals surface area contributed by atoms with Gasteiger partial charge in [0.15, 0.2) is 4.77 Å². The molecule has 0 fully saturated rings. The molecule has 4 nitrogen and oxygen atoms in total. The monoisotopic (exact) mass is 358 g/mol. The lowest BCUT2D eigenvalue weighted by atomic mass is 10.1. The average Bonchev–Trinajstić information content (AvgIpc) is 3.04. The van der Waals surface area contributed by atoms with Gasteiger partial charge in [-0.25, -0.2) is 14.4 Å². The molecule has 122 valence electrons. The van der Waals surface area contributed by atoms with E-state index in [0.29, 0.717) is 4.77 Å². The van der Waals surface area contributed by atoms with Crippen LogP contribution in [0.2, 0.25) is 0 Å². The first-order chi connectivity index (χ1) is 11.7. The molecule has 1 N–H and O–H groups in total. The van der Waals surface area contributed by atoms with Crippen LogP contribution in [-0.2, 0) is 19.5 Å². The Kier molecular flexibility index (Phi) is 4.22. The van der Waals surface area contributed by atoms with Crippen molar-refractivity contribution in [2.45, 2.75) is 19.5 Å². The van der Waals surface area contributed by atoms with Gasteiger partial charge in [0.1, 0.15) is 10.8 Å². The van der Waals surface area contributed by atoms with Crippen LogP contribution in [0.4, 0.5) is 4.39 Å². The van der Waals surface area contributed by atoms with E-state index < -0.39 is 0 Å². The SMILES string of the molecule is Fc1ccc(-c2csc(CN3CCc4[nH]c(=S)ncc4C3)n2)cc1. The van der Waals surface area contributed by atoms with Crippen molar-refractivity contribution in [1.82, 2.24) is 19.9 Å². The van der Waals surface area contributed by atoms with E-state index in [2.05, 4.69) is 19.9 Å². The molecular weight excluding hydrogens is 343 g/mol. The second-order valence-electron chi connectivity index (χ2n) is 5.79. The first-order valence-corrected chi connectivity index (χ1v) is 8.96. The van der Waals surface area contributed by atoms with E-state index in [9.17, 15) is 4.39 Å². The maximum Gasteiger partial charge on any atom is 0.196 e. The highest BCUT2D eigenvalue weighted by atomic mass is 32.1. The van der Waals surface area contributed by atoms with Gasteiger partial charge in [-0.1, -0.05) is 0 Å². The Morgan fingerprint density at radius 2 is 2.12 bits per heavy atom. The van der Waals surface area contributed by atoms with Crippen molar-refractivity contribution in [2.24, 2.45) is 0 Å². The van der Waals surface area contributed by atoms with Crippen molar-refractivity contribution >= 4 is 23.6 Å². The van der Waals surface area contributed by atoms with Crippen LogP contribution in [0.5, 0.6) is 0 Å². The molecule has 0 spiro atoms. The van der Waals surface area contributed by atoms with Gasteiger partial charge in [0.05, 0.1) is 12.2 Å². The molecule has 1 aliphatic rings. The molecule has 0 amide bonds. The van der Waals surface area contributed by atoms with Crippen molar-refractivity contribution in [3.05, 3.63) is 62.7 Å². The van der Waals surface area contributed by atoms with Crippen molar-refractivity contribution in [3.8, 4) is 11.3 Å². The standard InChI is InChI=1S/C17H15FN4S2/c18-13-3-1-11(2-4-13)15-10-24-16(20-15)9-22-6-5-14-12(8-22)7-19-17(23)21-14/h1-4,7,10H,5-6,8-9H2,(H,19,21,23). The third-order valence-electron chi connectivity index (χ3n) is 4.11. The summed E-state index contributed by atoms with van der Waals surface area (Å²) in [5.74, 6) is -0.228. The quantitative estimate of drug-likeness (QED) is 0.720. The topological polar surface area (TPSA) is 44.8 Å².